The first-order valence-corrected chi connectivity index (χ1v) is 15.7. The van der Waals surface area contributed by atoms with Gasteiger partial charge in [0.05, 0.1) is 18.9 Å². The number of carbonyl (C=O) groups is 2. The molecule has 1 aliphatic rings. The third-order valence-electron chi connectivity index (χ3n) is 7.60. The number of halogens is 2. The lowest BCUT2D eigenvalue weighted by molar-refractivity contribution is 0.0698. The minimum Gasteiger partial charge on any atom is -0.492 e. The van der Waals surface area contributed by atoms with Gasteiger partial charge >= 0.3 is 5.97 Å². The Bertz CT molecular complexity index is 2210. The summed E-state index contributed by atoms with van der Waals surface area (Å²) in [5.74, 6) is -0.784. The molecule has 296 valence electrons. The predicted octanol–water partition coefficient (Wildman–Crippen LogP) is 6.72. The molecule has 0 spiro atoms. The molecular weight excluding hydrogens is 718 g/mol. The van der Waals surface area contributed by atoms with Crippen LogP contribution in [0.3, 0.4) is 0 Å². The van der Waals surface area contributed by atoms with Crippen LogP contribution in [0.4, 0.5) is 8.78 Å². The number of benzene rings is 2. The van der Waals surface area contributed by atoms with Gasteiger partial charge in [-0.1, -0.05) is 29.7 Å². The molecule has 4 N–H and O–H groups in total. The third kappa shape index (κ3) is 10.2. The summed E-state index contributed by atoms with van der Waals surface area (Å²) in [6.45, 7) is 4.64. The van der Waals surface area contributed by atoms with Gasteiger partial charge in [0.15, 0.2) is 11.3 Å². The standard InChI is InChI=1S/C17H17FN4O4.C17H15FN4O3.4CH4/c1-10(12-8-11(18)2-3-14(12)25-7-5-19)26-15-4-6-22-16(21-15)13(9-20-22)17(23)24;1-10-12-8-11(18)2-3-14(12)24-7-5-19-17(23)13-9-20-22-6-4-15(25-10)21-16(13)22;;;;/h2-4,6,8-10H,5,7,19H2,1H3,(H,23,24);2-4,6,8-10H,5,7H2,1H3,(H,19,23);4*1H4/t;10-;;;;/m.1..../s1. The first-order chi connectivity index (χ1) is 24.6. The second-order valence-corrected chi connectivity index (χ2v) is 11.1. The summed E-state index contributed by atoms with van der Waals surface area (Å²) in [6, 6.07) is 11.5. The molecule has 5 heterocycles. The number of hydrogen-bond donors (Lipinski definition) is 3. The van der Waals surface area contributed by atoms with Gasteiger partial charge in [-0.15, -0.1) is 0 Å². The van der Waals surface area contributed by atoms with Crippen molar-refractivity contribution >= 4 is 23.2 Å². The molecule has 2 atom stereocenters. The Hall–Kier alpha value is -6.36. The van der Waals surface area contributed by atoms with Gasteiger partial charge in [-0.3, -0.25) is 4.79 Å². The number of ether oxygens (including phenoxy) is 4. The molecule has 6 aromatic rings. The van der Waals surface area contributed by atoms with Gasteiger partial charge in [-0.05, 0) is 50.2 Å². The van der Waals surface area contributed by atoms with E-state index in [0.29, 0.717) is 52.8 Å². The van der Waals surface area contributed by atoms with Crippen molar-refractivity contribution in [3.8, 4) is 23.3 Å². The molecule has 2 aromatic carbocycles. The normalized spacial score (nSPS) is 13.7. The Balaban J connectivity index is 0.000000354. The monoisotopic (exact) mass is 766 g/mol. The summed E-state index contributed by atoms with van der Waals surface area (Å²) in [5, 5.41) is 19.9. The lowest BCUT2D eigenvalue weighted by Crippen LogP contribution is -2.28. The number of aromatic carboxylic acids is 1. The van der Waals surface area contributed by atoms with Gasteiger partial charge in [0.2, 0.25) is 11.8 Å². The molecule has 7 rings (SSSR count). The summed E-state index contributed by atoms with van der Waals surface area (Å²) in [4.78, 5) is 32.1. The number of carboxylic acid groups (broad SMARTS) is 1. The summed E-state index contributed by atoms with van der Waals surface area (Å²) in [6.07, 6.45) is 4.78. The van der Waals surface area contributed by atoms with Crippen molar-refractivity contribution in [2.24, 2.45) is 5.73 Å². The third-order valence-corrected chi connectivity index (χ3v) is 7.60. The number of carboxylic acids is 1. The van der Waals surface area contributed by atoms with E-state index in [4.69, 9.17) is 29.8 Å². The molecular formula is C38H48F2N8O7. The highest BCUT2D eigenvalue weighted by atomic mass is 19.1. The molecule has 4 aromatic heterocycles. The van der Waals surface area contributed by atoms with Crippen LogP contribution < -0.4 is 30.0 Å². The molecule has 15 nitrogen and oxygen atoms in total. The van der Waals surface area contributed by atoms with E-state index in [1.165, 1.54) is 58.0 Å². The Labute approximate surface area is 318 Å². The first-order valence-electron chi connectivity index (χ1n) is 15.7. The average Bonchev–Trinajstić information content (AvgIpc) is 3.74. The highest BCUT2D eigenvalue weighted by Gasteiger charge is 2.20. The number of nitrogens with one attached hydrogen (secondary N) is 1. The molecule has 0 aliphatic carbocycles. The van der Waals surface area contributed by atoms with E-state index in [-0.39, 0.29) is 71.7 Å². The topological polar surface area (TPSA) is 190 Å². The molecule has 17 heteroatoms. The molecule has 55 heavy (non-hydrogen) atoms. The smallest absolute Gasteiger partial charge is 0.341 e. The zero-order chi connectivity index (χ0) is 36.1. The van der Waals surface area contributed by atoms with Crippen LogP contribution >= 0.6 is 0 Å². The van der Waals surface area contributed by atoms with Crippen molar-refractivity contribution in [3.05, 3.63) is 107 Å². The largest absolute Gasteiger partial charge is 0.492 e. The van der Waals surface area contributed by atoms with Crippen LogP contribution in [0.5, 0.6) is 23.3 Å². The molecule has 1 unspecified atom stereocenters. The minimum atomic E-state index is -1.14. The van der Waals surface area contributed by atoms with Crippen molar-refractivity contribution in [2.75, 3.05) is 26.3 Å². The molecule has 0 radical (unpaired) electrons. The number of rotatable bonds is 7. The van der Waals surface area contributed by atoms with Gasteiger partial charge in [-0.25, -0.2) is 22.6 Å². The zero-order valence-corrected chi connectivity index (χ0v) is 27.3. The van der Waals surface area contributed by atoms with Crippen LogP contribution in [-0.4, -0.2) is 72.5 Å². The molecule has 1 aliphatic heterocycles. The number of nitrogens with zero attached hydrogens (tertiary/aromatic N) is 6. The Kier molecular flexibility index (Phi) is 16.0. The van der Waals surface area contributed by atoms with E-state index in [1.807, 2.05) is 0 Å². The second kappa shape index (κ2) is 19.6. The van der Waals surface area contributed by atoms with E-state index in [9.17, 15) is 18.4 Å². The molecule has 0 saturated heterocycles. The molecule has 0 saturated carbocycles. The predicted molar refractivity (Wildman–Crippen MR) is 203 cm³/mol. The number of nitrogens with two attached hydrogens (primary N) is 1. The number of fused-ring (bicyclic) bond motifs is 3. The first kappa shape index (κ1) is 44.8. The zero-order valence-electron chi connectivity index (χ0n) is 27.3. The van der Waals surface area contributed by atoms with Crippen molar-refractivity contribution < 1.29 is 42.4 Å². The summed E-state index contributed by atoms with van der Waals surface area (Å²) >= 11 is 0. The lowest BCUT2D eigenvalue weighted by Gasteiger charge is -2.18. The average molecular weight is 767 g/mol. The van der Waals surface area contributed by atoms with Crippen LogP contribution in [0.2, 0.25) is 0 Å². The van der Waals surface area contributed by atoms with Crippen LogP contribution in [0.15, 0.2) is 73.3 Å². The maximum Gasteiger partial charge on any atom is 0.341 e. The highest BCUT2D eigenvalue weighted by Crippen LogP contribution is 2.31. The van der Waals surface area contributed by atoms with Crippen LogP contribution in [0.1, 0.15) is 87.6 Å². The SMILES string of the molecule is C.C.C.C.CC(Oc1ccn2ncc(C(=O)O)c2n1)c1cc(F)ccc1OCCN.C[C@H]1Oc2ccn3ncc(c3n2)C(=O)NCCOc2ccc(F)cc21. The fourth-order valence-corrected chi connectivity index (χ4v) is 5.16. The van der Waals surface area contributed by atoms with Gasteiger partial charge in [0.25, 0.3) is 5.91 Å². The van der Waals surface area contributed by atoms with Crippen molar-refractivity contribution in [1.82, 2.24) is 34.5 Å². The van der Waals surface area contributed by atoms with Crippen molar-refractivity contribution in [3.63, 3.8) is 0 Å². The van der Waals surface area contributed by atoms with Gasteiger partial charge < -0.3 is 35.1 Å². The number of amides is 1. The number of aromatic nitrogens is 6. The van der Waals surface area contributed by atoms with Crippen LogP contribution in [0.25, 0.3) is 11.3 Å². The quantitative estimate of drug-likeness (QED) is 0.156. The maximum atomic E-state index is 13.7. The number of carbonyl (C=O) groups excluding carboxylic acids is 1. The van der Waals surface area contributed by atoms with Crippen molar-refractivity contribution in [2.45, 2.75) is 55.8 Å². The maximum absolute atomic E-state index is 13.7. The van der Waals surface area contributed by atoms with E-state index in [1.54, 1.807) is 38.2 Å². The Morgan fingerprint density at radius 3 is 2.44 bits per heavy atom. The van der Waals surface area contributed by atoms with E-state index in [0.717, 1.165) is 0 Å². The Morgan fingerprint density at radius 1 is 1.00 bits per heavy atom. The number of hydrogen-bond acceptors (Lipinski definition) is 11. The lowest BCUT2D eigenvalue weighted by atomic mass is 10.1. The van der Waals surface area contributed by atoms with Gasteiger partial charge in [0.1, 0.15) is 59.7 Å². The van der Waals surface area contributed by atoms with Crippen LogP contribution in [-0.2, 0) is 0 Å². The van der Waals surface area contributed by atoms with Crippen LogP contribution in [0, 0.1) is 11.6 Å². The van der Waals surface area contributed by atoms with E-state index < -0.39 is 24.0 Å². The van der Waals surface area contributed by atoms with Gasteiger partial charge in [-0.2, -0.15) is 20.2 Å². The van der Waals surface area contributed by atoms with E-state index >= 15 is 0 Å². The minimum absolute atomic E-state index is 0. The van der Waals surface area contributed by atoms with E-state index in [2.05, 4.69) is 25.5 Å². The molecule has 2 bridgehead atoms. The Morgan fingerprint density at radius 2 is 1.69 bits per heavy atom. The summed E-state index contributed by atoms with van der Waals surface area (Å²) < 4.78 is 53.0. The van der Waals surface area contributed by atoms with Crippen molar-refractivity contribution in [1.29, 1.82) is 0 Å². The summed E-state index contributed by atoms with van der Waals surface area (Å²) in [5.41, 5.74) is 7.36. The fraction of sp³-hybridized carbons (Fsp3) is 0.316. The van der Waals surface area contributed by atoms with Gasteiger partial charge in [0, 0.05) is 42.2 Å². The highest BCUT2D eigenvalue weighted by molar-refractivity contribution is 5.99. The summed E-state index contributed by atoms with van der Waals surface area (Å²) in [7, 11) is 0. The fourth-order valence-electron chi connectivity index (χ4n) is 5.16. The second-order valence-electron chi connectivity index (χ2n) is 11.1. The molecule has 0 fully saturated rings. The molecule has 1 amide bonds.